The van der Waals surface area contributed by atoms with Gasteiger partial charge in [-0.1, -0.05) is 25.1 Å². The molecule has 2 rings (SSSR count). The number of ether oxygens (including phenoxy) is 1. The summed E-state index contributed by atoms with van der Waals surface area (Å²) < 4.78 is 7.83. The fourth-order valence-electron chi connectivity index (χ4n) is 1.83. The highest BCUT2D eigenvalue weighted by atomic mass is 16.5. The van der Waals surface area contributed by atoms with Gasteiger partial charge in [-0.25, -0.2) is 4.98 Å². The molecule has 0 radical (unpaired) electrons. The number of hydrogen-bond donors (Lipinski definition) is 0. The molecule has 0 spiro atoms. The SMILES string of the molecule is CCc1ccccc1OCCc1nccn1C. The van der Waals surface area contributed by atoms with E-state index in [2.05, 4.69) is 18.0 Å². The van der Waals surface area contributed by atoms with Crippen LogP contribution in [-0.4, -0.2) is 16.2 Å². The Morgan fingerprint density at radius 1 is 1.29 bits per heavy atom. The second-order valence-corrected chi connectivity index (χ2v) is 4.01. The van der Waals surface area contributed by atoms with Crippen molar-refractivity contribution < 1.29 is 4.74 Å². The second kappa shape index (κ2) is 5.53. The molecule has 1 aromatic heterocycles. The zero-order valence-electron chi connectivity index (χ0n) is 10.4. The maximum Gasteiger partial charge on any atom is 0.122 e. The normalized spacial score (nSPS) is 10.5. The molecule has 3 heteroatoms. The van der Waals surface area contributed by atoms with Gasteiger partial charge in [0, 0.05) is 25.9 Å². The fourth-order valence-corrected chi connectivity index (χ4v) is 1.83. The molecule has 0 bridgehead atoms. The number of hydrogen-bond acceptors (Lipinski definition) is 2. The summed E-state index contributed by atoms with van der Waals surface area (Å²) in [6.45, 7) is 2.81. The molecule has 17 heavy (non-hydrogen) atoms. The fraction of sp³-hybridized carbons (Fsp3) is 0.357. The first kappa shape index (κ1) is 11.7. The molecule has 0 N–H and O–H groups in total. The number of benzene rings is 1. The number of aromatic nitrogens is 2. The minimum Gasteiger partial charge on any atom is -0.493 e. The summed E-state index contributed by atoms with van der Waals surface area (Å²) in [5.74, 6) is 2.04. The van der Waals surface area contributed by atoms with Gasteiger partial charge in [-0.15, -0.1) is 0 Å². The van der Waals surface area contributed by atoms with Crippen LogP contribution in [0.1, 0.15) is 18.3 Å². The van der Waals surface area contributed by atoms with E-state index in [4.69, 9.17) is 4.74 Å². The van der Waals surface area contributed by atoms with E-state index in [0.29, 0.717) is 6.61 Å². The molecular weight excluding hydrogens is 212 g/mol. The number of nitrogens with zero attached hydrogens (tertiary/aromatic N) is 2. The molecule has 0 aliphatic rings. The van der Waals surface area contributed by atoms with Crippen molar-refractivity contribution in [2.75, 3.05) is 6.61 Å². The minimum absolute atomic E-state index is 0.669. The van der Waals surface area contributed by atoms with E-state index in [-0.39, 0.29) is 0 Å². The van der Waals surface area contributed by atoms with Crippen LogP contribution in [0.25, 0.3) is 0 Å². The van der Waals surface area contributed by atoms with Crippen LogP contribution in [0.15, 0.2) is 36.7 Å². The van der Waals surface area contributed by atoms with Crippen molar-refractivity contribution in [2.24, 2.45) is 7.05 Å². The Morgan fingerprint density at radius 3 is 2.82 bits per heavy atom. The van der Waals surface area contributed by atoms with E-state index in [1.54, 1.807) is 0 Å². The van der Waals surface area contributed by atoms with E-state index in [9.17, 15) is 0 Å². The van der Waals surface area contributed by atoms with Crippen molar-refractivity contribution in [1.82, 2.24) is 9.55 Å². The zero-order chi connectivity index (χ0) is 12.1. The van der Waals surface area contributed by atoms with Crippen LogP contribution in [0.2, 0.25) is 0 Å². The average molecular weight is 230 g/mol. The van der Waals surface area contributed by atoms with Crippen molar-refractivity contribution >= 4 is 0 Å². The highest BCUT2D eigenvalue weighted by Gasteiger charge is 2.02. The van der Waals surface area contributed by atoms with Gasteiger partial charge < -0.3 is 9.30 Å². The van der Waals surface area contributed by atoms with E-state index >= 15 is 0 Å². The van der Waals surface area contributed by atoms with E-state index in [0.717, 1.165) is 24.4 Å². The van der Waals surface area contributed by atoms with Gasteiger partial charge in [-0.05, 0) is 18.1 Å². The number of rotatable bonds is 5. The molecule has 0 saturated carbocycles. The lowest BCUT2D eigenvalue weighted by molar-refractivity contribution is 0.314. The summed E-state index contributed by atoms with van der Waals surface area (Å²) >= 11 is 0. The van der Waals surface area contributed by atoms with E-state index < -0.39 is 0 Å². The van der Waals surface area contributed by atoms with Gasteiger partial charge in [0.25, 0.3) is 0 Å². The average Bonchev–Trinajstić information content (AvgIpc) is 2.76. The summed E-state index contributed by atoms with van der Waals surface area (Å²) in [6.07, 6.45) is 5.60. The zero-order valence-corrected chi connectivity index (χ0v) is 10.4. The number of imidazole rings is 1. The van der Waals surface area contributed by atoms with Crippen LogP contribution >= 0.6 is 0 Å². The third kappa shape index (κ3) is 2.87. The Bertz CT molecular complexity index is 477. The van der Waals surface area contributed by atoms with Gasteiger partial charge in [-0.2, -0.15) is 0 Å². The maximum absolute atomic E-state index is 5.80. The van der Waals surface area contributed by atoms with Gasteiger partial charge in [0.1, 0.15) is 11.6 Å². The topological polar surface area (TPSA) is 27.1 Å². The molecule has 0 amide bonds. The van der Waals surface area contributed by atoms with Crippen molar-refractivity contribution in [2.45, 2.75) is 19.8 Å². The van der Waals surface area contributed by atoms with Crippen LogP contribution in [0.4, 0.5) is 0 Å². The second-order valence-electron chi connectivity index (χ2n) is 4.01. The quantitative estimate of drug-likeness (QED) is 0.789. The Balaban J connectivity index is 1.92. The molecule has 0 aliphatic heterocycles. The van der Waals surface area contributed by atoms with Crippen molar-refractivity contribution in [1.29, 1.82) is 0 Å². The lowest BCUT2D eigenvalue weighted by atomic mass is 10.1. The summed E-state index contributed by atoms with van der Waals surface area (Å²) in [6, 6.07) is 8.19. The van der Waals surface area contributed by atoms with Gasteiger partial charge in [0.2, 0.25) is 0 Å². The van der Waals surface area contributed by atoms with Crippen molar-refractivity contribution in [3.63, 3.8) is 0 Å². The molecule has 0 aliphatic carbocycles. The van der Waals surface area contributed by atoms with Crippen LogP contribution in [0.5, 0.6) is 5.75 Å². The molecule has 1 aromatic carbocycles. The van der Waals surface area contributed by atoms with Gasteiger partial charge in [-0.3, -0.25) is 0 Å². The minimum atomic E-state index is 0.669. The van der Waals surface area contributed by atoms with Gasteiger partial charge in [0.15, 0.2) is 0 Å². The smallest absolute Gasteiger partial charge is 0.122 e. The summed E-state index contributed by atoms with van der Waals surface area (Å²) in [5.41, 5.74) is 1.26. The number of para-hydroxylation sites is 1. The maximum atomic E-state index is 5.80. The lowest BCUT2D eigenvalue weighted by Crippen LogP contribution is -2.07. The summed E-state index contributed by atoms with van der Waals surface area (Å²) in [4.78, 5) is 4.27. The molecule has 90 valence electrons. The largest absolute Gasteiger partial charge is 0.493 e. The Morgan fingerprint density at radius 2 is 2.12 bits per heavy atom. The van der Waals surface area contributed by atoms with Crippen LogP contribution in [-0.2, 0) is 19.9 Å². The molecular formula is C14H18N2O. The molecule has 1 heterocycles. The molecule has 0 atom stereocenters. The Hall–Kier alpha value is -1.77. The van der Waals surface area contributed by atoms with E-state index in [1.807, 2.05) is 42.2 Å². The molecule has 0 saturated heterocycles. The van der Waals surface area contributed by atoms with Crippen molar-refractivity contribution in [3.8, 4) is 5.75 Å². The Kier molecular flexibility index (Phi) is 3.81. The molecule has 0 unspecified atom stereocenters. The third-order valence-corrected chi connectivity index (χ3v) is 2.86. The predicted octanol–water partition coefficient (Wildman–Crippen LogP) is 2.60. The Labute approximate surface area is 102 Å². The standard InChI is InChI=1S/C14H18N2O/c1-3-12-6-4-5-7-13(12)17-11-8-14-15-9-10-16(14)2/h4-7,9-10H,3,8,11H2,1-2H3. The van der Waals surface area contributed by atoms with Gasteiger partial charge in [0.05, 0.1) is 6.61 Å². The van der Waals surface area contributed by atoms with Crippen LogP contribution in [0, 0.1) is 0 Å². The molecule has 2 aromatic rings. The predicted molar refractivity (Wildman–Crippen MR) is 68.2 cm³/mol. The lowest BCUT2D eigenvalue weighted by Gasteiger charge is -2.09. The summed E-state index contributed by atoms with van der Waals surface area (Å²) in [5, 5.41) is 0. The highest BCUT2D eigenvalue weighted by Crippen LogP contribution is 2.18. The monoisotopic (exact) mass is 230 g/mol. The molecule has 3 nitrogen and oxygen atoms in total. The highest BCUT2D eigenvalue weighted by molar-refractivity contribution is 5.33. The first-order chi connectivity index (χ1) is 8.31. The first-order valence-electron chi connectivity index (χ1n) is 5.98. The van der Waals surface area contributed by atoms with Crippen LogP contribution in [0.3, 0.4) is 0 Å². The third-order valence-electron chi connectivity index (χ3n) is 2.86. The van der Waals surface area contributed by atoms with Gasteiger partial charge >= 0.3 is 0 Å². The van der Waals surface area contributed by atoms with E-state index in [1.165, 1.54) is 5.56 Å². The molecule has 0 fully saturated rings. The van der Waals surface area contributed by atoms with Crippen molar-refractivity contribution in [3.05, 3.63) is 48.0 Å². The number of aryl methyl sites for hydroxylation is 2. The summed E-state index contributed by atoms with van der Waals surface area (Å²) in [7, 11) is 2.00. The van der Waals surface area contributed by atoms with Crippen LogP contribution < -0.4 is 4.74 Å². The first-order valence-corrected chi connectivity index (χ1v) is 5.98.